The van der Waals surface area contributed by atoms with Crippen LogP contribution in [0.25, 0.3) is 0 Å². The van der Waals surface area contributed by atoms with Crippen LogP contribution in [0.2, 0.25) is 0 Å². The summed E-state index contributed by atoms with van der Waals surface area (Å²) >= 11 is 0. The van der Waals surface area contributed by atoms with E-state index in [0.717, 1.165) is 11.6 Å². The Balaban J connectivity index is 1.58. The van der Waals surface area contributed by atoms with Crippen molar-refractivity contribution in [3.8, 4) is 0 Å². The van der Waals surface area contributed by atoms with Crippen molar-refractivity contribution < 1.29 is 18.4 Å². The fraction of sp³-hybridized carbons (Fsp3) is 0.250. The average Bonchev–Trinajstić information content (AvgIpc) is 2.63. The summed E-state index contributed by atoms with van der Waals surface area (Å²) in [6.45, 7) is 0.520. The van der Waals surface area contributed by atoms with E-state index in [1.807, 2.05) is 30.3 Å². The number of nitrogens with one attached hydrogen (secondary N) is 1. The van der Waals surface area contributed by atoms with E-state index in [1.54, 1.807) is 0 Å². The molecule has 0 radical (unpaired) electrons. The van der Waals surface area contributed by atoms with E-state index < -0.39 is 11.6 Å². The molecule has 7 heteroatoms. The molecule has 2 amide bonds. The van der Waals surface area contributed by atoms with Crippen LogP contribution in [0.1, 0.15) is 24.0 Å². The van der Waals surface area contributed by atoms with Crippen LogP contribution < -0.4 is 5.32 Å². The van der Waals surface area contributed by atoms with Gasteiger partial charge in [0, 0.05) is 25.5 Å². The summed E-state index contributed by atoms with van der Waals surface area (Å²) in [5.74, 6) is -1.81. The first-order valence-electron chi connectivity index (χ1n) is 8.66. The van der Waals surface area contributed by atoms with Gasteiger partial charge in [-0.25, -0.2) is 13.8 Å². The van der Waals surface area contributed by atoms with E-state index in [1.165, 1.54) is 17.1 Å². The Morgan fingerprint density at radius 3 is 2.44 bits per heavy atom. The van der Waals surface area contributed by atoms with E-state index in [0.29, 0.717) is 18.5 Å². The molecule has 1 heterocycles. The van der Waals surface area contributed by atoms with E-state index >= 15 is 0 Å². The molecule has 2 aromatic rings. The van der Waals surface area contributed by atoms with Gasteiger partial charge in [-0.05, 0) is 29.7 Å². The van der Waals surface area contributed by atoms with Crippen LogP contribution in [0.15, 0.2) is 53.6 Å². The number of rotatable bonds is 6. The number of halogens is 2. The minimum atomic E-state index is -0.650. The largest absolute Gasteiger partial charge is 0.351 e. The highest BCUT2D eigenvalue weighted by atomic mass is 19.1. The minimum absolute atomic E-state index is 0.134. The van der Waals surface area contributed by atoms with Gasteiger partial charge in [0.05, 0.1) is 6.54 Å². The third-order valence-electron chi connectivity index (χ3n) is 4.16. The lowest BCUT2D eigenvalue weighted by molar-refractivity contribution is -0.132. The summed E-state index contributed by atoms with van der Waals surface area (Å²) in [5, 5.41) is 8.17. The van der Waals surface area contributed by atoms with E-state index in [4.69, 9.17) is 0 Å². The fourth-order valence-corrected chi connectivity index (χ4v) is 2.82. The van der Waals surface area contributed by atoms with Gasteiger partial charge in [-0.15, -0.1) is 0 Å². The van der Waals surface area contributed by atoms with Crippen molar-refractivity contribution in [1.82, 2.24) is 10.3 Å². The molecule has 5 nitrogen and oxygen atoms in total. The molecule has 0 saturated heterocycles. The van der Waals surface area contributed by atoms with Gasteiger partial charge in [0.1, 0.15) is 17.3 Å². The molecule has 1 aliphatic rings. The third-order valence-corrected chi connectivity index (χ3v) is 4.16. The summed E-state index contributed by atoms with van der Waals surface area (Å²) in [4.78, 5) is 24.3. The Kier molecular flexibility index (Phi) is 5.90. The van der Waals surface area contributed by atoms with Crippen LogP contribution >= 0.6 is 0 Å². The highest BCUT2D eigenvalue weighted by Gasteiger charge is 2.24. The second kappa shape index (κ2) is 8.53. The molecule has 1 aliphatic heterocycles. The van der Waals surface area contributed by atoms with Gasteiger partial charge >= 0.3 is 0 Å². The smallest absolute Gasteiger partial charge is 0.267 e. The molecule has 27 heavy (non-hydrogen) atoms. The normalized spacial score (nSPS) is 14.1. The van der Waals surface area contributed by atoms with Gasteiger partial charge in [0.15, 0.2) is 0 Å². The molecule has 0 atom stereocenters. The van der Waals surface area contributed by atoms with Gasteiger partial charge in [-0.2, -0.15) is 5.10 Å². The number of hydrogen-bond donors (Lipinski definition) is 1. The molecular weight excluding hydrogens is 352 g/mol. The maximum atomic E-state index is 13.2. The van der Waals surface area contributed by atoms with Gasteiger partial charge < -0.3 is 5.32 Å². The summed E-state index contributed by atoms with van der Waals surface area (Å²) in [6.07, 6.45) is 0.777. The maximum Gasteiger partial charge on any atom is 0.267 e. The molecule has 2 aromatic carbocycles. The Labute approximate surface area is 155 Å². The lowest BCUT2D eigenvalue weighted by Crippen LogP contribution is -2.39. The van der Waals surface area contributed by atoms with Crippen molar-refractivity contribution in [2.45, 2.75) is 25.8 Å². The molecule has 0 saturated carbocycles. The maximum absolute atomic E-state index is 13.2. The molecule has 0 bridgehead atoms. The Bertz CT molecular complexity index is 849. The monoisotopic (exact) mass is 371 g/mol. The molecule has 0 unspecified atom stereocenters. The number of nitrogens with zero attached hydrogens (tertiary/aromatic N) is 2. The lowest BCUT2D eigenvalue weighted by Gasteiger charge is -2.23. The molecule has 0 aromatic heterocycles. The lowest BCUT2D eigenvalue weighted by atomic mass is 10.1. The number of hydrogen-bond acceptors (Lipinski definition) is 3. The quantitative estimate of drug-likeness (QED) is 0.849. The Morgan fingerprint density at radius 2 is 1.74 bits per heavy atom. The van der Waals surface area contributed by atoms with E-state index in [2.05, 4.69) is 10.4 Å². The van der Waals surface area contributed by atoms with Gasteiger partial charge in [-0.3, -0.25) is 9.59 Å². The van der Waals surface area contributed by atoms with Gasteiger partial charge in [0.2, 0.25) is 5.91 Å². The average molecular weight is 371 g/mol. The van der Waals surface area contributed by atoms with Gasteiger partial charge in [-0.1, -0.05) is 30.3 Å². The zero-order chi connectivity index (χ0) is 19.2. The van der Waals surface area contributed by atoms with Crippen molar-refractivity contribution in [2.75, 3.05) is 6.54 Å². The topological polar surface area (TPSA) is 61.8 Å². The van der Waals surface area contributed by atoms with Crippen LogP contribution in [0, 0.1) is 11.6 Å². The first-order chi connectivity index (χ1) is 13.0. The molecule has 140 valence electrons. The van der Waals surface area contributed by atoms with E-state index in [-0.39, 0.29) is 36.9 Å². The van der Waals surface area contributed by atoms with Crippen molar-refractivity contribution in [2.24, 2.45) is 5.10 Å². The predicted octanol–water partition coefficient (Wildman–Crippen LogP) is 2.80. The minimum Gasteiger partial charge on any atom is -0.351 e. The molecule has 0 fully saturated rings. The highest BCUT2D eigenvalue weighted by molar-refractivity contribution is 6.39. The van der Waals surface area contributed by atoms with Crippen LogP contribution in [0.5, 0.6) is 0 Å². The first kappa shape index (κ1) is 18.7. The molecule has 0 aliphatic carbocycles. The van der Waals surface area contributed by atoms with Crippen LogP contribution in [0.3, 0.4) is 0 Å². The third kappa shape index (κ3) is 5.20. The summed E-state index contributed by atoms with van der Waals surface area (Å²) in [5.41, 5.74) is 1.65. The standard InChI is InChI=1S/C20H19F2N3O2/c21-16-10-15(11-17(22)12-16)8-9-23-20(27)18-6-7-19(26)25(24-18)13-14-4-2-1-3-5-14/h1-5,10-12H,6-9,13H2,(H,23,27). The Morgan fingerprint density at radius 1 is 1.04 bits per heavy atom. The number of benzene rings is 2. The first-order valence-corrected chi connectivity index (χ1v) is 8.66. The predicted molar refractivity (Wildman–Crippen MR) is 96.7 cm³/mol. The van der Waals surface area contributed by atoms with Crippen molar-refractivity contribution in [1.29, 1.82) is 0 Å². The van der Waals surface area contributed by atoms with Crippen molar-refractivity contribution in [3.63, 3.8) is 0 Å². The van der Waals surface area contributed by atoms with E-state index in [9.17, 15) is 18.4 Å². The SMILES string of the molecule is O=C(NCCc1cc(F)cc(F)c1)C1=NN(Cc2ccccc2)C(=O)CC1. The van der Waals surface area contributed by atoms with Crippen molar-refractivity contribution >= 4 is 17.5 Å². The zero-order valence-electron chi connectivity index (χ0n) is 14.6. The van der Waals surface area contributed by atoms with Crippen LogP contribution in [-0.4, -0.2) is 29.1 Å². The Hall–Kier alpha value is -3.09. The summed E-state index contributed by atoms with van der Waals surface area (Å²) < 4.78 is 26.4. The molecule has 1 N–H and O–H groups in total. The van der Waals surface area contributed by atoms with Crippen molar-refractivity contribution in [3.05, 3.63) is 71.3 Å². The number of hydrazone groups is 1. The summed E-state index contributed by atoms with van der Waals surface area (Å²) in [7, 11) is 0. The second-order valence-corrected chi connectivity index (χ2v) is 6.27. The molecule has 0 spiro atoms. The fourth-order valence-electron chi connectivity index (χ4n) is 2.82. The molecule has 3 rings (SSSR count). The second-order valence-electron chi connectivity index (χ2n) is 6.27. The van der Waals surface area contributed by atoms with Crippen LogP contribution in [-0.2, 0) is 22.6 Å². The summed E-state index contributed by atoms with van der Waals surface area (Å²) in [6, 6.07) is 12.7. The highest BCUT2D eigenvalue weighted by Crippen LogP contribution is 2.14. The number of carbonyl (C=O) groups is 2. The number of amides is 2. The molecular formula is C20H19F2N3O2. The zero-order valence-corrected chi connectivity index (χ0v) is 14.6. The van der Waals surface area contributed by atoms with Gasteiger partial charge in [0.25, 0.3) is 5.91 Å². The van der Waals surface area contributed by atoms with Crippen LogP contribution in [0.4, 0.5) is 8.78 Å². The number of carbonyl (C=O) groups excluding carboxylic acids is 2.